The molecule has 1 aliphatic rings. The zero-order valence-electron chi connectivity index (χ0n) is 15.3. The van der Waals surface area contributed by atoms with E-state index in [2.05, 4.69) is 15.3 Å². The highest BCUT2D eigenvalue weighted by molar-refractivity contribution is 5.92. The number of hydrogen-bond donors (Lipinski definition) is 2. The number of aromatic nitrogens is 2. The van der Waals surface area contributed by atoms with Gasteiger partial charge in [-0.2, -0.15) is 18.4 Å². The van der Waals surface area contributed by atoms with Crippen LogP contribution in [0.3, 0.4) is 0 Å². The van der Waals surface area contributed by atoms with E-state index in [1.807, 2.05) is 6.07 Å². The number of alkyl halides is 3. The molecule has 2 aromatic rings. The van der Waals surface area contributed by atoms with E-state index in [1.54, 1.807) is 0 Å². The minimum Gasteiger partial charge on any atom is -0.392 e. The van der Waals surface area contributed by atoms with E-state index in [-0.39, 0.29) is 29.7 Å². The number of carbonyl (C=O) groups is 1. The monoisotopic (exact) mass is 409 g/mol. The number of hydrogen-bond acceptors (Lipinski definition) is 7. The Labute approximate surface area is 163 Å². The second kappa shape index (κ2) is 8.18. The second-order valence-electron chi connectivity index (χ2n) is 6.65. The molecule has 2 N–H and O–H groups in total. The molecule has 0 spiro atoms. The van der Waals surface area contributed by atoms with Crippen molar-refractivity contribution in [3.05, 3.63) is 30.1 Å². The van der Waals surface area contributed by atoms with E-state index in [1.165, 1.54) is 36.4 Å². The first-order chi connectivity index (χ1) is 13.7. The Morgan fingerprint density at radius 3 is 2.69 bits per heavy atom. The van der Waals surface area contributed by atoms with Crippen molar-refractivity contribution >= 4 is 22.6 Å². The summed E-state index contributed by atoms with van der Waals surface area (Å²) < 4.78 is 45.3. The summed E-state index contributed by atoms with van der Waals surface area (Å²) in [6.07, 6.45) is -6.37. The largest absolute Gasteiger partial charge is 0.416 e. The molecule has 0 aliphatic carbocycles. The molecule has 0 saturated carbocycles. The number of aliphatic hydroxyl groups is 1. The summed E-state index contributed by atoms with van der Waals surface area (Å²) in [6.45, 7) is 0.631. The molecule has 2 heterocycles. The first-order valence-electron chi connectivity index (χ1n) is 8.77. The molecule has 1 fully saturated rings. The highest BCUT2D eigenvalue weighted by Crippen LogP contribution is 2.33. The summed E-state index contributed by atoms with van der Waals surface area (Å²) in [7, 11) is 0. The van der Waals surface area contributed by atoms with Crippen molar-refractivity contribution in [2.75, 3.05) is 24.5 Å². The van der Waals surface area contributed by atoms with Crippen LogP contribution in [0.25, 0.3) is 11.0 Å². The van der Waals surface area contributed by atoms with Crippen LogP contribution in [0.2, 0.25) is 0 Å². The number of nitrogens with one attached hydrogen (secondary N) is 1. The Balaban J connectivity index is 1.96. The molecule has 1 saturated heterocycles. The number of ether oxygens (including phenoxy) is 1. The number of anilines is 1. The van der Waals surface area contributed by atoms with Crippen molar-refractivity contribution in [3.63, 3.8) is 0 Å². The van der Waals surface area contributed by atoms with Crippen LogP contribution in [0.15, 0.2) is 24.5 Å². The fraction of sp³-hybridized carbons (Fsp3) is 0.444. The van der Waals surface area contributed by atoms with Crippen LogP contribution >= 0.6 is 0 Å². The molecular formula is C18H18F3N5O3. The van der Waals surface area contributed by atoms with Gasteiger partial charge in [-0.1, -0.05) is 0 Å². The second-order valence-corrected chi connectivity index (χ2v) is 6.65. The van der Waals surface area contributed by atoms with Gasteiger partial charge in [0, 0.05) is 18.9 Å². The van der Waals surface area contributed by atoms with Crippen LogP contribution in [-0.4, -0.2) is 65.1 Å². The van der Waals surface area contributed by atoms with E-state index in [0.29, 0.717) is 5.69 Å². The molecule has 0 bridgehead atoms. The van der Waals surface area contributed by atoms with Crippen LogP contribution in [0.4, 0.5) is 18.9 Å². The number of carbonyl (C=O) groups excluding carboxylic acids is 1. The average Bonchev–Trinajstić information content (AvgIpc) is 2.70. The van der Waals surface area contributed by atoms with Crippen LogP contribution in [0, 0.1) is 11.3 Å². The van der Waals surface area contributed by atoms with Gasteiger partial charge < -0.3 is 20.1 Å². The van der Waals surface area contributed by atoms with Gasteiger partial charge in [0.15, 0.2) is 12.2 Å². The van der Waals surface area contributed by atoms with Crippen molar-refractivity contribution in [2.24, 2.45) is 0 Å². The first-order valence-corrected chi connectivity index (χ1v) is 8.77. The Morgan fingerprint density at radius 2 is 2.07 bits per heavy atom. The van der Waals surface area contributed by atoms with Gasteiger partial charge in [-0.15, -0.1) is 0 Å². The molecule has 8 nitrogen and oxygen atoms in total. The maximum Gasteiger partial charge on any atom is 0.416 e. The highest BCUT2D eigenvalue weighted by atomic mass is 19.4. The summed E-state index contributed by atoms with van der Waals surface area (Å²) in [5.74, 6) is -0.756. The highest BCUT2D eigenvalue weighted by Gasteiger charge is 2.47. The number of nitriles is 1. The third kappa shape index (κ3) is 4.55. The predicted octanol–water partition coefficient (Wildman–Crippen LogP) is 1.13. The van der Waals surface area contributed by atoms with Crippen molar-refractivity contribution in [2.45, 2.75) is 31.4 Å². The molecule has 11 heteroatoms. The first kappa shape index (κ1) is 20.8. The topological polar surface area (TPSA) is 111 Å². The summed E-state index contributed by atoms with van der Waals surface area (Å²) in [5.41, 5.74) is 1.08. The molecular weight excluding hydrogens is 391 g/mol. The zero-order valence-corrected chi connectivity index (χ0v) is 15.3. The van der Waals surface area contributed by atoms with E-state index in [4.69, 9.17) is 4.74 Å². The van der Waals surface area contributed by atoms with E-state index < -0.39 is 36.9 Å². The number of morpholine rings is 1. The van der Waals surface area contributed by atoms with Gasteiger partial charge in [0.2, 0.25) is 0 Å². The lowest BCUT2D eigenvalue weighted by atomic mass is 10.1. The Kier molecular flexibility index (Phi) is 5.86. The summed E-state index contributed by atoms with van der Waals surface area (Å²) in [4.78, 5) is 21.9. The third-order valence-electron chi connectivity index (χ3n) is 4.40. The Morgan fingerprint density at radius 1 is 1.38 bits per heavy atom. The van der Waals surface area contributed by atoms with Crippen molar-refractivity contribution < 1.29 is 27.8 Å². The SMILES string of the molecule is C[C@H](O)CNC(=O)C1CN(c2ccc(C#N)c3nccnc23)CC(C(F)(F)F)O1. The number of rotatable bonds is 4. The lowest BCUT2D eigenvalue weighted by Gasteiger charge is -2.39. The molecule has 1 aliphatic heterocycles. The molecule has 2 unspecified atom stereocenters. The lowest BCUT2D eigenvalue weighted by molar-refractivity contribution is -0.234. The minimum atomic E-state index is -4.68. The number of benzene rings is 1. The summed E-state index contributed by atoms with van der Waals surface area (Å²) in [5, 5.41) is 20.9. The Bertz CT molecular complexity index is 944. The number of halogens is 3. The van der Waals surface area contributed by atoms with Crippen LogP contribution in [-0.2, 0) is 9.53 Å². The standard InChI is InChI=1S/C18H18F3N5O3/c1-10(27)7-25-17(28)13-8-26(9-14(29-13)18(19,20)21)12-3-2-11(6-22)15-16(12)24-5-4-23-15/h2-5,10,13-14,27H,7-9H2,1H3,(H,25,28)/t10-,13?,14?/m0/s1. The maximum atomic E-state index is 13.4. The predicted molar refractivity (Wildman–Crippen MR) is 95.9 cm³/mol. The van der Waals surface area contributed by atoms with Crippen molar-refractivity contribution in [3.8, 4) is 6.07 Å². The van der Waals surface area contributed by atoms with Gasteiger partial charge in [-0.05, 0) is 19.1 Å². The van der Waals surface area contributed by atoms with Gasteiger partial charge in [0.1, 0.15) is 17.1 Å². The van der Waals surface area contributed by atoms with Crippen molar-refractivity contribution in [1.29, 1.82) is 5.26 Å². The molecule has 3 atom stereocenters. The van der Waals surface area contributed by atoms with Gasteiger partial charge >= 0.3 is 6.18 Å². The maximum absolute atomic E-state index is 13.4. The molecule has 0 radical (unpaired) electrons. The molecule has 1 amide bonds. The van der Waals surface area contributed by atoms with Gasteiger partial charge in [0.05, 0.1) is 30.4 Å². The van der Waals surface area contributed by atoms with Crippen LogP contribution in [0.1, 0.15) is 12.5 Å². The Hall–Kier alpha value is -2.97. The van der Waals surface area contributed by atoms with Crippen molar-refractivity contribution in [1.82, 2.24) is 15.3 Å². The number of nitrogens with zero attached hydrogens (tertiary/aromatic N) is 4. The quantitative estimate of drug-likeness (QED) is 0.779. The van der Waals surface area contributed by atoms with E-state index in [0.717, 1.165) is 0 Å². The van der Waals surface area contributed by atoms with Gasteiger partial charge in [-0.3, -0.25) is 14.8 Å². The van der Waals surface area contributed by atoms with Crippen LogP contribution in [0.5, 0.6) is 0 Å². The average molecular weight is 409 g/mol. The zero-order chi connectivity index (χ0) is 21.2. The normalized spacial score (nSPS) is 20.9. The number of aliphatic hydroxyl groups excluding tert-OH is 1. The van der Waals surface area contributed by atoms with Crippen LogP contribution < -0.4 is 10.2 Å². The smallest absolute Gasteiger partial charge is 0.392 e. The molecule has 3 rings (SSSR count). The fourth-order valence-corrected chi connectivity index (χ4v) is 3.03. The summed E-state index contributed by atoms with van der Waals surface area (Å²) >= 11 is 0. The molecule has 1 aromatic heterocycles. The fourth-order valence-electron chi connectivity index (χ4n) is 3.03. The molecule has 1 aromatic carbocycles. The third-order valence-corrected chi connectivity index (χ3v) is 4.40. The minimum absolute atomic E-state index is 0.110. The number of fused-ring (bicyclic) bond motifs is 1. The van der Waals surface area contributed by atoms with E-state index in [9.17, 15) is 28.3 Å². The van der Waals surface area contributed by atoms with Gasteiger partial charge in [0.25, 0.3) is 5.91 Å². The van der Waals surface area contributed by atoms with Gasteiger partial charge in [-0.25, -0.2) is 0 Å². The molecule has 29 heavy (non-hydrogen) atoms. The number of amides is 1. The molecule has 154 valence electrons. The van der Waals surface area contributed by atoms with E-state index >= 15 is 0 Å². The summed E-state index contributed by atoms with van der Waals surface area (Å²) in [6, 6.07) is 4.91. The lowest BCUT2D eigenvalue weighted by Crippen LogP contribution is -2.57.